The van der Waals surface area contributed by atoms with Crippen molar-refractivity contribution in [3.63, 3.8) is 0 Å². The van der Waals surface area contributed by atoms with E-state index >= 15 is 0 Å². The van der Waals surface area contributed by atoms with Crippen molar-refractivity contribution in [2.24, 2.45) is 0 Å². The van der Waals surface area contributed by atoms with Crippen LogP contribution in [0.25, 0.3) is 5.69 Å². The summed E-state index contributed by atoms with van der Waals surface area (Å²) < 4.78 is 1.78. The molecule has 140 valence electrons. The number of rotatable bonds is 4. The van der Waals surface area contributed by atoms with Gasteiger partial charge in [-0.25, -0.2) is 9.67 Å². The Morgan fingerprint density at radius 2 is 1.86 bits per heavy atom. The van der Waals surface area contributed by atoms with Crippen molar-refractivity contribution < 1.29 is 4.79 Å². The zero-order valence-electron chi connectivity index (χ0n) is 15.4. The Balaban J connectivity index is 1.36. The van der Waals surface area contributed by atoms with Gasteiger partial charge in [0.05, 0.1) is 23.9 Å². The standard InChI is InChI=1S/C21H20N6O/c22-14-18-5-4-8-23-21(18)26-11-9-25(10-12-26)20(28)13-17-15-24-27(16-17)19-6-2-1-3-7-19/h1-8,15-16H,9-13H2. The molecule has 0 aliphatic carbocycles. The maximum Gasteiger partial charge on any atom is 0.227 e. The lowest BCUT2D eigenvalue weighted by Crippen LogP contribution is -2.49. The van der Waals surface area contributed by atoms with Crippen LogP contribution in [0.2, 0.25) is 0 Å². The fourth-order valence-corrected chi connectivity index (χ4v) is 3.36. The molecule has 1 fully saturated rings. The molecule has 7 nitrogen and oxygen atoms in total. The van der Waals surface area contributed by atoms with Crippen LogP contribution in [-0.4, -0.2) is 51.8 Å². The number of carbonyl (C=O) groups is 1. The molecule has 2 aromatic heterocycles. The quantitative estimate of drug-likeness (QED) is 0.700. The molecule has 0 spiro atoms. The number of aromatic nitrogens is 3. The second-order valence-electron chi connectivity index (χ2n) is 6.66. The maximum atomic E-state index is 12.7. The third-order valence-electron chi connectivity index (χ3n) is 4.85. The van der Waals surface area contributed by atoms with Crippen molar-refractivity contribution in [3.8, 4) is 11.8 Å². The van der Waals surface area contributed by atoms with E-state index in [-0.39, 0.29) is 5.91 Å². The first-order valence-electron chi connectivity index (χ1n) is 9.21. The van der Waals surface area contributed by atoms with E-state index in [1.807, 2.05) is 41.4 Å². The minimum absolute atomic E-state index is 0.0915. The molecule has 28 heavy (non-hydrogen) atoms. The van der Waals surface area contributed by atoms with Crippen LogP contribution in [0.3, 0.4) is 0 Å². The molecule has 0 atom stereocenters. The lowest BCUT2D eigenvalue weighted by atomic mass is 10.2. The van der Waals surface area contributed by atoms with Crippen LogP contribution >= 0.6 is 0 Å². The van der Waals surface area contributed by atoms with Gasteiger partial charge >= 0.3 is 0 Å². The molecule has 1 saturated heterocycles. The van der Waals surface area contributed by atoms with Gasteiger partial charge in [-0.3, -0.25) is 4.79 Å². The fraction of sp³-hybridized carbons (Fsp3) is 0.238. The van der Waals surface area contributed by atoms with Crippen molar-refractivity contribution in [2.45, 2.75) is 6.42 Å². The number of benzene rings is 1. The highest BCUT2D eigenvalue weighted by atomic mass is 16.2. The van der Waals surface area contributed by atoms with E-state index < -0.39 is 0 Å². The predicted octanol–water partition coefficient (Wildman–Crippen LogP) is 2.03. The first-order valence-corrected chi connectivity index (χ1v) is 9.21. The number of hydrogen-bond donors (Lipinski definition) is 0. The van der Waals surface area contributed by atoms with Gasteiger partial charge in [-0.15, -0.1) is 0 Å². The number of piperazine rings is 1. The van der Waals surface area contributed by atoms with Gasteiger partial charge in [0.25, 0.3) is 0 Å². The lowest BCUT2D eigenvalue weighted by Gasteiger charge is -2.35. The molecular weight excluding hydrogens is 352 g/mol. The summed E-state index contributed by atoms with van der Waals surface area (Å²) in [5.41, 5.74) is 2.43. The summed E-state index contributed by atoms with van der Waals surface area (Å²) in [6.07, 6.45) is 5.67. The number of hydrogen-bond acceptors (Lipinski definition) is 5. The van der Waals surface area contributed by atoms with E-state index in [1.165, 1.54) is 0 Å². The van der Waals surface area contributed by atoms with Gasteiger partial charge in [-0.05, 0) is 29.8 Å². The molecule has 1 aliphatic heterocycles. The van der Waals surface area contributed by atoms with Gasteiger partial charge in [-0.1, -0.05) is 18.2 Å². The summed E-state index contributed by atoms with van der Waals surface area (Å²) >= 11 is 0. The molecule has 3 heterocycles. The summed E-state index contributed by atoms with van der Waals surface area (Å²) in [5.74, 6) is 0.787. The van der Waals surface area contributed by atoms with Crippen LogP contribution in [0.1, 0.15) is 11.1 Å². The molecule has 1 amide bonds. The predicted molar refractivity (Wildman–Crippen MR) is 105 cm³/mol. The Morgan fingerprint density at radius 3 is 2.61 bits per heavy atom. The zero-order chi connectivity index (χ0) is 19.3. The van der Waals surface area contributed by atoms with Gasteiger partial charge in [0.2, 0.25) is 5.91 Å². The summed E-state index contributed by atoms with van der Waals surface area (Å²) in [6.45, 7) is 2.57. The second-order valence-corrected chi connectivity index (χ2v) is 6.66. The fourth-order valence-electron chi connectivity index (χ4n) is 3.36. The van der Waals surface area contributed by atoms with E-state index in [2.05, 4.69) is 21.1 Å². The average molecular weight is 372 g/mol. The highest BCUT2D eigenvalue weighted by molar-refractivity contribution is 5.79. The third-order valence-corrected chi connectivity index (χ3v) is 4.85. The molecule has 0 bridgehead atoms. The van der Waals surface area contributed by atoms with Gasteiger partial charge in [0.15, 0.2) is 0 Å². The van der Waals surface area contributed by atoms with Crippen molar-refractivity contribution >= 4 is 11.7 Å². The Morgan fingerprint density at radius 1 is 1.07 bits per heavy atom. The number of amides is 1. The molecule has 1 aromatic carbocycles. The molecule has 7 heteroatoms. The summed E-state index contributed by atoms with van der Waals surface area (Å²) in [4.78, 5) is 20.9. The van der Waals surface area contributed by atoms with Crippen molar-refractivity contribution in [1.29, 1.82) is 5.26 Å². The SMILES string of the molecule is N#Cc1cccnc1N1CCN(C(=O)Cc2cnn(-c3ccccc3)c2)CC1. The maximum absolute atomic E-state index is 12.7. The minimum atomic E-state index is 0.0915. The molecule has 0 N–H and O–H groups in total. The van der Waals surface area contributed by atoms with Crippen LogP contribution in [0.15, 0.2) is 61.1 Å². The zero-order valence-corrected chi connectivity index (χ0v) is 15.4. The normalized spacial score (nSPS) is 14.0. The molecular formula is C21H20N6O. The van der Waals surface area contributed by atoms with Crippen molar-refractivity contribution in [2.75, 3.05) is 31.1 Å². The monoisotopic (exact) mass is 372 g/mol. The Bertz CT molecular complexity index is 999. The lowest BCUT2D eigenvalue weighted by molar-refractivity contribution is -0.130. The Kier molecular flexibility index (Phi) is 5.02. The number of nitrogens with zero attached hydrogens (tertiary/aromatic N) is 6. The molecule has 1 aliphatic rings. The smallest absolute Gasteiger partial charge is 0.227 e. The number of para-hydroxylation sites is 1. The number of pyridine rings is 1. The van der Waals surface area contributed by atoms with Gasteiger partial charge in [-0.2, -0.15) is 10.4 Å². The average Bonchev–Trinajstić information content (AvgIpc) is 3.23. The highest BCUT2D eigenvalue weighted by Crippen LogP contribution is 2.18. The summed E-state index contributed by atoms with van der Waals surface area (Å²) in [5, 5.41) is 13.6. The number of anilines is 1. The molecule has 0 saturated carbocycles. The van der Waals surface area contributed by atoms with Crippen molar-refractivity contribution in [1.82, 2.24) is 19.7 Å². The molecule has 0 radical (unpaired) electrons. The Hall–Kier alpha value is -3.66. The first kappa shape index (κ1) is 17.7. The third kappa shape index (κ3) is 3.71. The first-order chi connectivity index (χ1) is 13.7. The van der Waals surface area contributed by atoms with Gasteiger partial charge < -0.3 is 9.80 Å². The van der Waals surface area contributed by atoms with E-state index in [9.17, 15) is 10.1 Å². The number of carbonyl (C=O) groups excluding carboxylic acids is 1. The topological polar surface area (TPSA) is 78.1 Å². The second kappa shape index (κ2) is 7.92. The van der Waals surface area contributed by atoms with Crippen LogP contribution in [0.4, 0.5) is 5.82 Å². The molecule has 3 aromatic rings. The summed E-state index contributed by atoms with van der Waals surface area (Å²) in [7, 11) is 0. The van der Waals surface area contributed by atoms with Crippen molar-refractivity contribution in [3.05, 3.63) is 72.2 Å². The highest BCUT2D eigenvalue weighted by Gasteiger charge is 2.23. The van der Waals surface area contributed by atoms with E-state index in [0.717, 1.165) is 11.3 Å². The largest absolute Gasteiger partial charge is 0.352 e. The van der Waals surface area contributed by atoms with Crippen LogP contribution in [-0.2, 0) is 11.2 Å². The Labute approximate surface area is 163 Å². The molecule has 4 rings (SSSR count). The van der Waals surface area contributed by atoms with E-state index in [1.54, 1.807) is 29.2 Å². The minimum Gasteiger partial charge on any atom is -0.352 e. The molecule has 0 unspecified atom stereocenters. The summed E-state index contributed by atoms with van der Waals surface area (Å²) in [6, 6.07) is 15.5. The van der Waals surface area contributed by atoms with Crippen LogP contribution < -0.4 is 4.90 Å². The van der Waals surface area contributed by atoms with E-state index in [4.69, 9.17) is 0 Å². The number of nitriles is 1. The van der Waals surface area contributed by atoms with E-state index in [0.29, 0.717) is 44.0 Å². The van der Waals surface area contributed by atoms with Crippen LogP contribution in [0, 0.1) is 11.3 Å². The van der Waals surface area contributed by atoms with Crippen LogP contribution in [0.5, 0.6) is 0 Å². The van der Waals surface area contributed by atoms with Gasteiger partial charge in [0.1, 0.15) is 11.9 Å². The van der Waals surface area contributed by atoms with Gasteiger partial charge in [0, 0.05) is 38.6 Å².